The Morgan fingerprint density at radius 3 is 2.48 bits per heavy atom. The van der Waals surface area contributed by atoms with Crippen LogP contribution in [0.4, 0.5) is 0 Å². The number of nitrogens with zero attached hydrogens (tertiary/aromatic N) is 2. The number of nitriles is 1. The maximum Gasteiger partial charge on any atom is 0.304 e. The number of carboxylic acid groups (broad SMARTS) is 1. The Kier molecular flexibility index (Phi) is 6.70. The molecule has 5 nitrogen and oxygen atoms in total. The first-order valence-corrected chi connectivity index (χ1v) is 11.3. The van der Waals surface area contributed by atoms with Crippen molar-refractivity contribution in [3.63, 3.8) is 0 Å². The van der Waals surface area contributed by atoms with Crippen molar-refractivity contribution >= 4 is 5.97 Å². The summed E-state index contributed by atoms with van der Waals surface area (Å²) in [7, 11) is 0. The molecular weight excluding hydrogens is 386 g/mol. The van der Waals surface area contributed by atoms with Crippen LogP contribution in [-0.2, 0) is 11.2 Å². The molecule has 0 radical (unpaired) electrons. The molecule has 2 N–H and O–H groups in total. The lowest BCUT2D eigenvalue weighted by Gasteiger charge is -2.42. The number of hydrogen-bond donors (Lipinski definition) is 2. The Morgan fingerprint density at radius 1 is 1.13 bits per heavy atom. The predicted molar refractivity (Wildman–Crippen MR) is 121 cm³/mol. The number of carbonyl (C=O) groups is 1. The summed E-state index contributed by atoms with van der Waals surface area (Å²) in [6.45, 7) is 3.50. The summed E-state index contributed by atoms with van der Waals surface area (Å²) < 4.78 is 0. The molecule has 0 spiro atoms. The summed E-state index contributed by atoms with van der Waals surface area (Å²) in [6, 6.07) is 21.5. The fraction of sp³-hybridized carbons (Fsp3) is 0.462. The van der Waals surface area contributed by atoms with Crippen LogP contribution < -0.4 is 5.32 Å². The van der Waals surface area contributed by atoms with Crippen LogP contribution in [0.2, 0.25) is 0 Å². The lowest BCUT2D eigenvalue weighted by Crippen LogP contribution is -2.47. The molecule has 162 valence electrons. The summed E-state index contributed by atoms with van der Waals surface area (Å²) in [5, 5.41) is 21.9. The molecule has 2 fully saturated rings. The summed E-state index contributed by atoms with van der Waals surface area (Å²) in [5.41, 5.74) is 3.56. The second-order valence-corrected chi connectivity index (χ2v) is 9.21. The minimum absolute atomic E-state index is 0.164. The smallest absolute Gasteiger partial charge is 0.304 e. The highest BCUT2D eigenvalue weighted by Crippen LogP contribution is 2.42. The van der Waals surface area contributed by atoms with E-state index < -0.39 is 5.97 Å². The fourth-order valence-corrected chi connectivity index (χ4v) is 4.89. The highest BCUT2D eigenvalue weighted by molar-refractivity contribution is 5.66. The third-order valence-corrected chi connectivity index (χ3v) is 6.98. The SMILES string of the molecule is N#Cc1ccc(CC2(CNC3CC3c3ccccc3)CCN(CCC(=O)O)CC2)cc1. The highest BCUT2D eigenvalue weighted by atomic mass is 16.4. The number of benzene rings is 2. The van der Waals surface area contributed by atoms with Gasteiger partial charge in [-0.25, -0.2) is 0 Å². The minimum Gasteiger partial charge on any atom is -0.481 e. The van der Waals surface area contributed by atoms with Crippen LogP contribution in [0, 0.1) is 16.7 Å². The Bertz CT molecular complexity index is 912. The highest BCUT2D eigenvalue weighted by Gasteiger charge is 2.41. The van der Waals surface area contributed by atoms with Crippen LogP contribution in [0.25, 0.3) is 0 Å². The van der Waals surface area contributed by atoms with Crippen molar-refractivity contribution in [3.8, 4) is 6.07 Å². The van der Waals surface area contributed by atoms with E-state index in [9.17, 15) is 4.79 Å². The van der Waals surface area contributed by atoms with Crippen LogP contribution >= 0.6 is 0 Å². The zero-order valence-corrected chi connectivity index (χ0v) is 18.0. The van der Waals surface area contributed by atoms with Crippen LogP contribution in [0.5, 0.6) is 0 Å². The molecular formula is C26H31N3O2. The Labute approximate surface area is 184 Å². The van der Waals surface area contributed by atoms with E-state index in [-0.39, 0.29) is 11.8 Å². The van der Waals surface area contributed by atoms with Gasteiger partial charge in [0.1, 0.15) is 0 Å². The van der Waals surface area contributed by atoms with E-state index in [0.717, 1.165) is 38.9 Å². The number of carboxylic acids is 1. The topological polar surface area (TPSA) is 76.4 Å². The molecule has 2 atom stereocenters. The average Bonchev–Trinajstić information content (AvgIpc) is 3.58. The first-order valence-electron chi connectivity index (χ1n) is 11.3. The summed E-state index contributed by atoms with van der Waals surface area (Å²) in [6.07, 6.45) is 4.51. The second-order valence-electron chi connectivity index (χ2n) is 9.21. The van der Waals surface area contributed by atoms with Crippen molar-refractivity contribution in [2.75, 3.05) is 26.2 Å². The number of nitrogens with one attached hydrogen (secondary N) is 1. The maximum atomic E-state index is 10.9. The fourth-order valence-electron chi connectivity index (χ4n) is 4.89. The normalized spacial score (nSPS) is 22.5. The average molecular weight is 418 g/mol. The third-order valence-electron chi connectivity index (χ3n) is 6.98. The van der Waals surface area contributed by atoms with E-state index in [2.05, 4.69) is 58.8 Å². The van der Waals surface area contributed by atoms with E-state index in [4.69, 9.17) is 10.4 Å². The van der Waals surface area contributed by atoms with Crippen molar-refractivity contribution in [1.29, 1.82) is 5.26 Å². The van der Waals surface area contributed by atoms with E-state index in [1.807, 2.05) is 12.1 Å². The molecule has 0 amide bonds. The molecule has 5 heteroatoms. The van der Waals surface area contributed by atoms with Gasteiger partial charge < -0.3 is 15.3 Å². The molecule has 1 saturated carbocycles. The molecule has 2 aromatic carbocycles. The molecule has 1 aliphatic heterocycles. The van der Waals surface area contributed by atoms with Gasteiger partial charge >= 0.3 is 5.97 Å². The number of aliphatic carboxylic acids is 1. The molecule has 1 saturated heterocycles. The Balaban J connectivity index is 1.39. The molecule has 1 aliphatic carbocycles. The largest absolute Gasteiger partial charge is 0.481 e. The van der Waals surface area contributed by atoms with E-state index in [1.165, 1.54) is 17.5 Å². The predicted octanol–water partition coefficient (Wildman–Crippen LogP) is 3.80. The molecule has 2 aromatic rings. The van der Waals surface area contributed by atoms with Crippen molar-refractivity contribution < 1.29 is 9.90 Å². The van der Waals surface area contributed by atoms with Crippen molar-refractivity contribution in [2.24, 2.45) is 5.41 Å². The van der Waals surface area contributed by atoms with Crippen molar-refractivity contribution in [3.05, 3.63) is 71.3 Å². The summed E-state index contributed by atoms with van der Waals surface area (Å²) in [5.74, 6) is -0.111. The zero-order chi connectivity index (χ0) is 21.7. The van der Waals surface area contributed by atoms with Gasteiger partial charge in [-0.2, -0.15) is 5.26 Å². The summed E-state index contributed by atoms with van der Waals surface area (Å²) >= 11 is 0. The zero-order valence-electron chi connectivity index (χ0n) is 18.0. The number of piperidine rings is 1. The van der Waals surface area contributed by atoms with Gasteiger partial charge in [0.15, 0.2) is 0 Å². The first kappa shape index (κ1) is 21.5. The van der Waals surface area contributed by atoms with Crippen LogP contribution in [0.1, 0.15) is 48.3 Å². The molecule has 4 rings (SSSR count). The van der Waals surface area contributed by atoms with Gasteiger partial charge in [-0.15, -0.1) is 0 Å². The van der Waals surface area contributed by atoms with Gasteiger partial charge in [0.2, 0.25) is 0 Å². The van der Waals surface area contributed by atoms with Gasteiger partial charge in [-0.3, -0.25) is 4.79 Å². The van der Waals surface area contributed by atoms with E-state index in [0.29, 0.717) is 24.1 Å². The molecule has 0 aromatic heterocycles. The quantitative estimate of drug-likeness (QED) is 0.649. The number of likely N-dealkylation sites (tertiary alicyclic amines) is 1. The molecule has 2 aliphatic rings. The lowest BCUT2D eigenvalue weighted by atomic mass is 9.73. The van der Waals surface area contributed by atoms with Gasteiger partial charge in [-0.05, 0) is 67.4 Å². The minimum atomic E-state index is -0.725. The van der Waals surface area contributed by atoms with Gasteiger partial charge in [0.25, 0.3) is 0 Å². The van der Waals surface area contributed by atoms with Gasteiger partial charge in [0, 0.05) is 25.0 Å². The van der Waals surface area contributed by atoms with Crippen molar-refractivity contribution in [1.82, 2.24) is 10.2 Å². The second kappa shape index (κ2) is 9.64. The lowest BCUT2D eigenvalue weighted by molar-refractivity contribution is -0.137. The van der Waals surface area contributed by atoms with Crippen molar-refractivity contribution in [2.45, 2.75) is 44.1 Å². The Hall–Kier alpha value is -2.68. The standard InChI is InChI=1S/C26H31N3O2/c27-18-21-8-6-20(7-9-21)17-26(11-14-29(15-12-26)13-10-25(30)31)19-28-24-16-23(24)22-4-2-1-3-5-22/h1-9,23-24,28H,10-17,19H2,(H,30,31). The molecule has 1 heterocycles. The molecule has 31 heavy (non-hydrogen) atoms. The van der Waals surface area contributed by atoms with Gasteiger partial charge in [0.05, 0.1) is 18.1 Å². The van der Waals surface area contributed by atoms with E-state index in [1.54, 1.807) is 0 Å². The van der Waals surface area contributed by atoms with Crippen LogP contribution in [0.15, 0.2) is 54.6 Å². The van der Waals surface area contributed by atoms with Crippen LogP contribution in [-0.4, -0.2) is 48.2 Å². The third kappa shape index (κ3) is 5.72. The Morgan fingerprint density at radius 2 is 1.84 bits per heavy atom. The monoisotopic (exact) mass is 417 g/mol. The maximum absolute atomic E-state index is 10.9. The number of rotatable bonds is 9. The van der Waals surface area contributed by atoms with E-state index >= 15 is 0 Å². The van der Waals surface area contributed by atoms with Gasteiger partial charge in [-0.1, -0.05) is 42.5 Å². The molecule has 2 unspecified atom stereocenters. The summed E-state index contributed by atoms with van der Waals surface area (Å²) in [4.78, 5) is 13.2. The first-order chi connectivity index (χ1) is 15.1. The number of hydrogen-bond acceptors (Lipinski definition) is 4. The van der Waals surface area contributed by atoms with Crippen LogP contribution in [0.3, 0.4) is 0 Å². The molecule has 0 bridgehead atoms.